The molecule has 0 aromatic carbocycles. The summed E-state index contributed by atoms with van der Waals surface area (Å²) in [5.41, 5.74) is 0. The molecule has 0 rings (SSSR count). The van der Waals surface area contributed by atoms with Gasteiger partial charge < -0.3 is 0 Å². The molecule has 0 unspecified atom stereocenters. The quantitative estimate of drug-likeness (QED) is 0.543. The standard InChI is InChI=1S/C6H12I2/c1-3-5-6(7,8)4-2/h3-5H2,1-2H3. The van der Waals surface area contributed by atoms with Crippen molar-refractivity contribution in [2.75, 3.05) is 0 Å². The third-order valence-corrected chi connectivity index (χ3v) is 3.74. The van der Waals surface area contributed by atoms with Crippen LogP contribution >= 0.6 is 45.2 Å². The van der Waals surface area contributed by atoms with Crippen LogP contribution in [0.25, 0.3) is 0 Å². The first-order chi connectivity index (χ1) is 3.62. The van der Waals surface area contributed by atoms with Gasteiger partial charge in [-0.05, 0) is 12.8 Å². The summed E-state index contributed by atoms with van der Waals surface area (Å²) in [6.45, 7) is 4.48. The molecule has 0 amide bonds. The van der Waals surface area contributed by atoms with Crippen molar-refractivity contribution >= 4 is 45.2 Å². The van der Waals surface area contributed by atoms with E-state index >= 15 is 0 Å². The summed E-state index contributed by atoms with van der Waals surface area (Å²) in [7, 11) is 0. The Morgan fingerprint density at radius 3 is 1.88 bits per heavy atom. The van der Waals surface area contributed by atoms with Crippen molar-refractivity contribution in [1.82, 2.24) is 0 Å². The highest BCUT2D eigenvalue weighted by Crippen LogP contribution is 2.35. The van der Waals surface area contributed by atoms with Crippen LogP contribution in [-0.2, 0) is 0 Å². The zero-order chi connectivity index (χ0) is 6.62. The number of halogens is 2. The molecule has 0 N–H and O–H groups in total. The highest BCUT2D eigenvalue weighted by atomic mass is 127. The zero-order valence-corrected chi connectivity index (χ0v) is 9.69. The second-order valence-electron chi connectivity index (χ2n) is 1.96. The monoisotopic (exact) mass is 338 g/mol. The van der Waals surface area contributed by atoms with Crippen molar-refractivity contribution in [3.63, 3.8) is 0 Å². The lowest BCUT2D eigenvalue weighted by Crippen LogP contribution is -2.06. The van der Waals surface area contributed by atoms with Crippen molar-refractivity contribution < 1.29 is 0 Å². The molecule has 0 aromatic rings. The van der Waals surface area contributed by atoms with E-state index in [0.29, 0.717) is 1.43 Å². The van der Waals surface area contributed by atoms with Crippen LogP contribution in [0.3, 0.4) is 0 Å². The van der Waals surface area contributed by atoms with Crippen LogP contribution in [0.1, 0.15) is 33.1 Å². The Bertz CT molecular complexity index is 59.5. The number of hydrogen-bond acceptors (Lipinski definition) is 0. The van der Waals surface area contributed by atoms with E-state index in [-0.39, 0.29) is 0 Å². The van der Waals surface area contributed by atoms with E-state index < -0.39 is 0 Å². The van der Waals surface area contributed by atoms with Crippen LogP contribution in [0.4, 0.5) is 0 Å². The van der Waals surface area contributed by atoms with Gasteiger partial charge in [0, 0.05) is 0 Å². The maximum atomic E-state index is 2.53. The summed E-state index contributed by atoms with van der Waals surface area (Å²) in [6.07, 6.45) is 3.92. The molecular weight excluding hydrogens is 326 g/mol. The van der Waals surface area contributed by atoms with Gasteiger partial charge in [-0.1, -0.05) is 65.5 Å². The van der Waals surface area contributed by atoms with E-state index in [1.165, 1.54) is 19.3 Å². The third-order valence-electron chi connectivity index (χ3n) is 1.13. The molecule has 0 bridgehead atoms. The van der Waals surface area contributed by atoms with Gasteiger partial charge in [-0.25, -0.2) is 0 Å². The lowest BCUT2D eigenvalue weighted by molar-refractivity contribution is 0.722. The molecule has 0 saturated heterocycles. The van der Waals surface area contributed by atoms with Gasteiger partial charge in [-0.15, -0.1) is 0 Å². The Morgan fingerprint density at radius 1 is 1.25 bits per heavy atom. The van der Waals surface area contributed by atoms with Gasteiger partial charge in [0.15, 0.2) is 0 Å². The molecule has 0 fully saturated rings. The van der Waals surface area contributed by atoms with E-state index in [2.05, 4.69) is 59.0 Å². The molecule has 0 aromatic heterocycles. The highest BCUT2D eigenvalue weighted by Gasteiger charge is 2.16. The minimum Gasteiger partial charge on any atom is -0.0672 e. The maximum absolute atomic E-state index is 2.53. The van der Waals surface area contributed by atoms with Gasteiger partial charge in [0.2, 0.25) is 0 Å². The summed E-state index contributed by atoms with van der Waals surface area (Å²) in [6, 6.07) is 0. The molecule has 0 atom stereocenters. The zero-order valence-electron chi connectivity index (χ0n) is 5.38. The van der Waals surface area contributed by atoms with Crippen molar-refractivity contribution in [1.29, 1.82) is 0 Å². The molecular formula is C6H12I2. The van der Waals surface area contributed by atoms with E-state index in [4.69, 9.17) is 0 Å². The molecule has 0 aliphatic carbocycles. The molecule has 0 aliphatic rings. The Labute approximate surface area is 79.1 Å². The Morgan fingerprint density at radius 2 is 1.75 bits per heavy atom. The van der Waals surface area contributed by atoms with Crippen molar-refractivity contribution in [2.24, 2.45) is 0 Å². The smallest absolute Gasteiger partial charge is 0.0672 e. The van der Waals surface area contributed by atoms with Crippen molar-refractivity contribution in [2.45, 2.75) is 34.5 Å². The second kappa shape index (κ2) is 4.30. The molecule has 0 aliphatic heterocycles. The van der Waals surface area contributed by atoms with E-state index in [0.717, 1.165) is 0 Å². The van der Waals surface area contributed by atoms with Gasteiger partial charge >= 0.3 is 0 Å². The molecule has 50 valence electrons. The predicted octanol–water partition coefficient (Wildman–Crippen LogP) is 3.76. The van der Waals surface area contributed by atoms with Crippen LogP contribution in [-0.4, -0.2) is 1.43 Å². The summed E-state index contributed by atoms with van der Waals surface area (Å²) in [5, 5.41) is 0. The van der Waals surface area contributed by atoms with Gasteiger partial charge in [-0.3, -0.25) is 0 Å². The average molecular weight is 338 g/mol. The molecule has 0 spiro atoms. The van der Waals surface area contributed by atoms with Crippen LogP contribution in [0.2, 0.25) is 0 Å². The minimum absolute atomic E-state index is 0.532. The minimum atomic E-state index is 0.532. The van der Waals surface area contributed by atoms with E-state index in [1.54, 1.807) is 0 Å². The maximum Gasteiger partial charge on any atom is 0.0732 e. The first-order valence-electron chi connectivity index (χ1n) is 3.00. The Balaban J connectivity index is 3.37. The van der Waals surface area contributed by atoms with Gasteiger partial charge in [0.1, 0.15) is 0 Å². The molecule has 0 heterocycles. The molecule has 8 heavy (non-hydrogen) atoms. The molecule has 2 heteroatoms. The van der Waals surface area contributed by atoms with Gasteiger partial charge in [-0.2, -0.15) is 0 Å². The Kier molecular flexibility index (Phi) is 5.09. The summed E-state index contributed by atoms with van der Waals surface area (Å²) in [4.78, 5) is 0. The van der Waals surface area contributed by atoms with Crippen molar-refractivity contribution in [3.05, 3.63) is 0 Å². The van der Waals surface area contributed by atoms with Crippen molar-refractivity contribution in [3.8, 4) is 0 Å². The summed E-state index contributed by atoms with van der Waals surface area (Å²) < 4.78 is 0.532. The predicted molar refractivity (Wildman–Crippen MR) is 56.0 cm³/mol. The topological polar surface area (TPSA) is 0 Å². The SMILES string of the molecule is CCCC(I)(I)CC. The van der Waals surface area contributed by atoms with E-state index in [9.17, 15) is 0 Å². The lowest BCUT2D eigenvalue weighted by Gasteiger charge is -2.15. The fraction of sp³-hybridized carbons (Fsp3) is 1.00. The first kappa shape index (κ1) is 9.46. The Hall–Kier alpha value is 1.46. The largest absolute Gasteiger partial charge is 0.0732 e. The second-order valence-corrected chi connectivity index (χ2v) is 8.15. The number of alkyl halides is 2. The van der Waals surface area contributed by atoms with Crippen LogP contribution in [0, 0.1) is 0 Å². The normalized spacial score (nSPS) is 12.0. The number of hydrogen-bond donors (Lipinski definition) is 0. The highest BCUT2D eigenvalue weighted by molar-refractivity contribution is 14.2. The molecule has 0 nitrogen and oxygen atoms in total. The van der Waals surface area contributed by atoms with Crippen LogP contribution in [0.15, 0.2) is 0 Å². The number of rotatable bonds is 3. The van der Waals surface area contributed by atoms with Gasteiger partial charge in [0.05, 0.1) is 1.43 Å². The fourth-order valence-electron chi connectivity index (χ4n) is 0.543. The summed E-state index contributed by atoms with van der Waals surface area (Å²) in [5.74, 6) is 0. The van der Waals surface area contributed by atoms with Crippen LogP contribution < -0.4 is 0 Å². The molecule has 0 radical (unpaired) electrons. The average Bonchev–Trinajstić information content (AvgIpc) is 1.67. The lowest BCUT2D eigenvalue weighted by atomic mass is 10.2. The van der Waals surface area contributed by atoms with Crippen LogP contribution in [0.5, 0.6) is 0 Å². The third kappa shape index (κ3) is 4.35. The summed E-state index contributed by atoms with van der Waals surface area (Å²) >= 11 is 5.05. The fourth-order valence-corrected chi connectivity index (χ4v) is 1.62. The first-order valence-corrected chi connectivity index (χ1v) is 5.16. The van der Waals surface area contributed by atoms with E-state index in [1.807, 2.05) is 0 Å². The molecule has 0 saturated carbocycles. The van der Waals surface area contributed by atoms with Gasteiger partial charge in [0.25, 0.3) is 0 Å².